The molecule has 0 aromatic carbocycles. The van der Waals surface area contributed by atoms with Gasteiger partial charge in [-0.05, 0) is 28.7 Å². The zero-order valence-electron chi connectivity index (χ0n) is 8.79. The third-order valence-electron chi connectivity index (χ3n) is 2.18. The van der Waals surface area contributed by atoms with Gasteiger partial charge >= 0.3 is 0 Å². The van der Waals surface area contributed by atoms with Crippen molar-refractivity contribution in [1.82, 2.24) is 14.8 Å². The molecular formula is C10H10IN5O. The van der Waals surface area contributed by atoms with E-state index >= 15 is 0 Å². The first kappa shape index (κ1) is 11.8. The van der Waals surface area contributed by atoms with Crippen molar-refractivity contribution in [3.63, 3.8) is 0 Å². The standard InChI is InChI=1S/C10H10IN5O/c11-8-4-14-16(6-8)5-7-2-1-3-13-9(7)10(12)15-17/h1-4,6,17H,5H2,(H2,12,15). The van der Waals surface area contributed by atoms with Crippen molar-refractivity contribution in [2.75, 3.05) is 0 Å². The zero-order valence-corrected chi connectivity index (χ0v) is 10.9. The van der Waals surface area contributed by atoms with Gasteiger partial charge in [0.1, 0.15) is 5.69 Å². The van der Waals surface area contributed by atoms with Crippen LogP contribution >= 0.6 is 22.6 Å². The van der Waals surface area contributed by atoms with Crippen LogP contribution in [0.25, 0.3) is 0 Å². The first-order valence-corrected chi connectivity index (χ1v) is 5.88. The summed E-state index contributed by atoms with van der Waals surface area (Å²) in [6.07, 6.45) is 5.27. The van der Waals surface area contributed by atoms with Crippen LogP contribution in [0.4, 0.5) is 0 Å². The highest BCUT2D eigenvalue weighted by Crippen LogP contribution is 2.09. The van der Waals surface area contributed by atoms with Crippen molar-refractivity contribution < 1.29 is 5.21 Å². The Balaban J connectivity index is 2.32. The summed E-state index contributed by atoms with van der Waals surface area (Å²) in [5.41, 5.74) is 6.88. The van der Waals surface area contributed by atoms with Crippen LogP contribution in [0.5, 0.6) is 0 Å². The van der Waals surface area contributed by atoms with E-state index in [1.54, 1.807) is 23.1 Å². The van der Waals surface area contributed by atoms with Crippen molar-refractivity contribution in [3.8, 4) is 0 Å². The number of amidine groups is 1. The molecule has 0 bridgehead atoms. The van der Waals surface area contributed by atoms with E-state index in [0.717, 1.165) is 9.13 Å². The van der Waals surface area contributed by atoms with Gasteiger partial charge in [0.05, 0.1) is 16.3 Å². The van der Waals surface area contributed by atoms with E-state index < -0.39 is 0 Å². The minimum Gasteiger partial charge on any atom is -0.409 e. The van der Waals surface area contributed by atoms with Crippen molar-refractivity contribution >= 4 is 28.4 Å². The van der Waals surface area contributed by atoms with Crippen molar-refractivity contribution in [3.05, 3.63) is 45.6 Å². The largest absolute Gasteiger partial charge is 0.409 e. The van der Waals surface area contributed by atoms with E-state index in [9.17, 15) is 0 Å². The maximum absolute atomic E-state index is 8.68. The summed E-state index contributed by atoms with van der Waals surface area (Å²) in [7, 11) is 0. The molecule has 7 heteroatoms. The second-order valence-corrected chi connectivity index (χ2v) is 4.60. The van der Waals surface area contributed by atoms with Gasteiger partial charge in [-0.2, -0.15) is 5.10 Å². The Morgan fingerprint density at radius 3 is 3.06 bits per heavy atom. The van der Waals surface area contributed by atoms with Crippen molar-refractivity contribution in [1.29, 1.82) is 0 Å². The predicted molar refractivity (Wildman–Crippen MR) is 70.8 cm³/mol. The fourth-order valence-electron chi connectivity index (χ4n) is 1.44. The van der Waals surface area contributed by atoms with Crippen molar-refractivity contribution in [2.24, 2.45) is 10.9 Å². The van der Waals surface area contributed by atoms with Gasteiger partial charge in [0, 0.05) is 18.0 Å². The number of hydrogen-bond acceptors (Lipinski definition) is 4. The van der Waals surface area contributed by atoms with Gasteiger partial charge in [0.25, 0.3) is 0 Å². The summed E-state index contributed by atoms with van der Waals surface area (Å²) in [6, 6.07) is 3.67. The molecule has 0 atom stereocenters. The third-order valence-corrected chi connectivity index (χ3v) is 2.73. The highest BCUT2D eigenvalue weighted by molar-refractivity contribution is 14.1. The average molecular weight is 343 g/mol. The van der Waals surface area contributed by atoms with E-state index in [0.29, 0.717) is 12.2 Å². The van der Waals surface area contributed by atoms with Gasteiger partial charge in [0.15, 0.2) is 5.84 Å². The number of nitrogens with two attached hydrogens (primary N) is 1. The van der Waals surface area contributed by atoms with Crippen LogP contribution in [0.2, 0.25) is 0 Å². The summed E-state index contributed by atoms with van der Waals surface area (Å²) in [6.45, 7) is 0.530. The molecule has 0 aliphatic rings. The van der Waals surface area contributed by atoms with Crippen LogP contribution in [0.15, 0.2) is 35.9 Å². The maximum atomic E-state index is 8.68. The molecule has 0 unspecified atom stereocenters. The fourth-order valence-corrected chi connectivity index (χ4v) is 1.89. The van der Waals surface area contributed by atoms with E-state index in [-0.39, 0.29) is 5.84 Å². The third kappa shape index (κ3) is 2.73. The number of rotatable bonds is 3. The first-order chi connectivity index (χ1) is 8.20. The Morgan fingerprint density at radius 2 is 2.41 bits per heavy atom. The van der Waals surface area contributed by atoms with E-state index in [2.05, 4.69) is 37.8 Å². The van der Waals surface area contributed by atoms with Crippen LogP contribution < -0.4 is 5.73 Å². The molecule has 0 saturated carbocycles. The summed E-state index contributed by atoms with van der Waals surface area (Å²) in [5, 5.41) is 15.8. The quantitative estimate of drug-likeness (QED) is 0.286. The zero-order chi connectivity index (χ0) is 12.3. The summed E-state index contributed by atoms with van der Waals surface area (Å²) in [5.74, 6) is 0.00227. The Bertz CT molecular complexity index is 551. The average Bonchev–Trinajstić information content (AvgIpc) is 2.74. The lowest BCUT2D eigenvalue weighted by Gasteiger charge is -2.06. The highest BCUT2D eigenvalue weighted by Gasteiger charge is 2.08. The lowest BCUT2D eigenvalue weighted by molar-refractivity contribution is 0.318. The molecule has 88 valence electrons. The summed E-state index contributed by atoms with van der Waals surface area (Å²) >= 11 is 2.19. The molecule has 0 fully saturated rings. The summed E-state index contributed by atoms with van der Waals surface area (Å²) in [4.78, 5) is 4.09. The lowest BCUT2D eigenvalue weighted by atomic mass is 10.2. The second kappa shape index (κ2) is 5.13. The van der Waals surface area contributed by atoms with Gasteiger partial charge in [-0.25, -0.2) is 0 Å². The molecule has 2 aromatic rings. The number of oxime groups is 1. The molecule has 0 aliphatic heterocycles. The Labute approximate surface area is 111 Å². The Morgan fingerprint density at radius 1 is 1.59 bits per heavy atom. The van der Waals surface area contributed by atoms with E-state index in [4.69, 9.17) is 10.9 Å². The van der Waals surface area contributed by atoms with Gasteiger partial charge in [-0.3, -0.25) is 9.67 Å². The molecule has 6 nitrogen and oxygen atoms in total. The molecule has 0 aliphatic carbocycles. The topological polar surface area (TPSA) is 89.3 Å². The van der Waals surface area contributed by atoms with Crippen LogP contribution in [0, 0.1) is 3.57 Å². The summed E-state index contributed by atoms with van der Waals surface area (Å²) < 4.78 is 2.82. The molecule has 2 heterocycles. The van der Waals surface area contributed by atoms with Crippen LogP contribution in [0.3, 0.4) is 0 Å². The van der Waals surface area contributed by atoms with Crippen molar-refractivity contribution in [2.45, 2.75) is 6.54 Å². The van der Waals surface area contributed by atoms with E-state index in [1.807, 2.05) is 12.3 Å². The van der Waals surface area contributed by atoms with Gasteiger partial charge in [-0.1, -0.05) is 11.2 Å². The predicted octanol–water partition coefficient (Wildman–Crippen LogP) is 1.03. The number of aromatic nitrogens is 3. The van der Waals surface area contributed by atoms with Gasteiger partial charge < -0.3 is 10.9 Å². The monoisotopic (exact) mass is 343 g/mol. The second-order valence-electron chi connectivity index (χ2n) is 3.35. The molecule has 0 spiro atoms. The molecular weight excluding hydrogens is 333 g/mol. The Kier molecular flexibility index (Phi) is 3.57. The molecule has 2 aromatic heterocycles. The normalized spacial score (nSPS) is 11.7. The smallest absolute Gasteiger partial charge is 0.189 e. The molecule has 17 heavy (non-hydrogen) atoms. The highest BCUT2D eigenvalue weighted by atomic mass is 127. The Hall–Kier alpha value is -1.64. The van der Waals surface area contributed by atoms with Gasteiger partial charge in [0.2, 0.25) is 0 Å². The van der Waals surface area contributed by atoms with Gasteiger partial charge in [-0.15, -0.1) is 0 Å². The number of halogens is 1. The fraction of sp³-hybridized carbons (Fsp3) is 0.100. The first-order valence-electron chi connectivity index (χ1n) is 4.80. The van der Waals surface area contributed by atoms with E-state index in [1.165, 1.54) is 0 Å². The lowest BCUT2D eigenvalue weighted by Crippen LogP contribution is -2.18. The molecule has 0 radical (unpaired) electrons. The number of nitrogens with zero attached hydrogens (tertiary/aromatic N) is 4. The maximum Gasteiger partial charge on any atom is 0.189 e. The minimum absolute atomic E-state index is 0.00227. The minimum atomic E-state index is 0.00227. The van der Waals surface area contributed by atoms with Crippen LogP contribution in [-0.2, 0) is 6.54 Å². The number of pyridine rings is 1. The molecule has 0 amide bonds. The SMILES string of the molecule is NC(=NO)c1ncccc1Cn1cc(I)cn1. The molecule has 2 rings (SSSR count). The van der Waals surface area contributed by atoms with Crippen LogP contribution in [0.1, 0.15) is 11.3 Å². The molecule has 0 saturated heterocycles. The van der Waals surface area contributed by atoms with Crippen LogP contribution in [-0.4, -0.2) is 25.8 Å². The molecule has 3 N–H and O–H groups in total. The number of hydrogen-bond donors (Lipinski definition) is 2.